The summed E-state index contributed by atoms with van der Waals surface area (Å²) >= 11 is 0. The van der Waals surface area contributed by atoms with E-state index in [1.54, 1.807) is 6.92 Å². The lowest BCUT2D eigenvalue weighted by molar-refractivity contribution is -0.0677. The maximum atomic E-state index is 10.1. The zero-order valence-corrected chi connectivity index (χ0v) is 18.2. The van der Waals surface area contributed by atoms with Gasteiger partial charge in [0.15, 0.2) is 0 Å². The maximum absolute atomic E-state index is 10.1. The summed E-state index contributed by atoms with van der Waals surface area (Å²) in [4.78, 5) is 5.22. The number of hydrogen-bond acceptors (Lipinski definition) is 5. The number of nitrogens with zero attached hydrogens (tertiary/aromatic N) is 2. The topological polar surface area (TPSA) is 56.2 Å². The minimum atomic E-state index is -0.611. The predicted molar refractivity (Wildman–Crippen MR) is 118 cm³/mol. The number of ether oxygens (including phenoxy) is 1. The molecule has 4 atom stereocenters. The monoisotopic (exact) mass is 412 g/mol. The fraction of sp³-hybridized carbons (Fsp3) is 0.680. The molecule has 0 amide bonds. The smallest absolute Gasteiger partial charge is 0.112 e. The Morgan fingerprint density at radius 1 is 1.13 bits per heavy atom. The molecule has 3 saturated heterocycles. The molecular weight excluding hydrogens is 376 g/mol. The molecule has 0 spiro atoms. The Labute approximate surface area is 181 Å². The van der Waals surface area contributed by atoms with Crippen LogP contribution in [0.5, 0.6) is 0 Å². The average Bonchev–Trinajstić information content (AvgIpc) is 2.74. The number of hydrogen-bond donors (Lipinski definition) is 2. The largest absolute Gasteiger partial charge is 0.395 e. The van der Waals surface area contributed by atoms with Crippen LogP contribution in [0.3, 0.4) is 0 Å². The summed E-state index contributed by atoms with van der Waals surface area (Å²) in [6.07, 6.45) is 4.20. The van der Waals surface area contributed by atoms with Gasteiger partial charge < -0.3 is 19.8 Å². The van der Waals surface area contributed by atoms with Crippen molar-refractivity contribution in [3.8, 4) is 11.8 Å². The Morgan fingerprint density at radius 3 is 2.57 bits per heavy atom. The van der Waals surface area contributed by atoms with Crippen molar-refractivity contribution in [3.63, 3.8) is 0 Å². The van der Waals surface area contributed by atoms with Crippen LogP contribution in [0.15, 0.2) is 24.3 Å². The van der Waals surface area contributed by atoms with Crippen molar-refractivity contribution in [2.45, 2.75) is 56.7 Å². The molecule has 30 heavy (non-hydrogen) atoms. The number of fused-ring (bicyclic) bond motifs is 1. The van der Waals surface area contributed by atoms with Gasteiger partial charge in [-0.25, -0.2) is 0 Å². The van der Waals surface area contributed by atoms with Gasteiger partial charge in [0.2, 0.25) is 0 Å². The van der Waals surface area contributed by atoms with Crippen LogP contribution >= 0.6 is 0 Å². The van der Waals surface area contributed by atoms with E-state index >= 15 is 0 Å². The van der Waals surface area contributed by atoms with Crippen LogP contribution in [0.1, 0.15) is 49.7 Å². The summed E-state index contributed by atoms with van der Waals surface area (Å²) < 4.78 is 5.55. The third-order valence-electron chi connectivity index (χ3n) is 7.03. The van der Waals surface area contributed by atoms with Crippen molar-refractivity contribution < 1.29 is 14.9 Å². The van der Waals surface area contributed by atoms with Crippen LogP contribution in [-0.4, -0.2) is 84.2 Å². The molecule has 5 nitrogen and oxygen atoms in total. The average molecular weight is 413 g/mol. The van der Waals surface area contributed by atoms with E-state index in [0.717, 1.165) is 37.8 Å². The molecule has 2 N–H and O–H groups in total. The predicted octanol–water partition coefficient (Wildman–Crippen LogP) is 2.07. The molecule has 3 aliphatic rings. The zero-order valence-electron chi connectivity index (χ0n) is 18.2. The Balaban J connectivity index is 1.47. The SMILES string of the molecule is C[C@H](O)C#Cc1ccc([C@@H]2[C@@H](CO)N3CCCCN(CC4CCOCC4)C[C@@H]23)cc1. The molecule has 3 fully saturated rings. The molecule has 3 heterocycles. The first-order valence-electron chi connectivity index (χ1n) is 11.6. The van der Waals surface area contributed by atoms with Gasteiger partial charge in [-0.3, -0.25) is 4.90 Å². The van der Waals surface area contributed by atoms with Gasteiger partial charge in [-0.05, 0) is 69.3 Å². The van der Waals surface area contributed by atoms with Gasteiger partial charge in [0, 0.05) is 49.9 Å². The van der Waals surface area contributed by atoms with Crippen LogP contribution in [0, 0.1) is 17.8 Å². The minimum Gasteiger partial charge on any atom is -0.395 e. The second-order valence-corrected chi connectivity index (χ2v) is 9.17. The molecule has 0 aliphatic carbocycles. The summed E-state index contributed by atoms with van der Waals surface area (Å²) in [7, 11) is 0. The standard InChI is InChI=1S/C25H36N2O3/c1-19(29)4-5-20-6-8-22(9-7-20)25-23-17-26(16-21-10-14-30-15-11-21)12-2-3-13-27(23)24(25)18-28/h6-9,19,21,23-25,28-29H,2-3,10-18H2,1H3/t19-,23-,24+,25-/m0/s1. The summed E-state index contributed by atoms with van der Waals surface area (Å²) in [5.41, 5.74) is 2.22. The van der Waals surface area contributed by atoms with Crippen molar-refractivity contribution in [1.29, 1.82) is 0 Å². The van der Waals surface area contributed by atoms with Crippen LogP contribution in [0.4, 0.5) is 0 Å². The maximum Gasteiger partial charge on any atom is 0.112 e. The number of aliphatic hydroxyl groups is 2. The normalized spacial score (nSPS) is 29.6. The first kappa shape index (κ1) is 21.8. The molecule has 164 valence electrons. The van der Waals surface area contributed by atoms with E-state index < -0.39 is 6.10 Å². The van der Waals surface area contributed by atoms with Crippen LogP contribution in [0.25, 0.3) is 0 Å². The van der Waals surface area contributed by atoms with E-state index in [0.29, 0.717) is 12.0 Å². The van der Waals surface area contributed by atoms with E-state index in [1.165, 1.54) is 44.3 Å². The third-order valence-corrected chi connectivity index (χ3v) is 7.03. The number of rotatable bonds is 4. The number of aliphatic hydroxyl groups excluding tert-OH is 2. The number of benzene rings is 1. The molecular formula is C25H36N2O3. The lowest BCUT2D eigenvalue weighted by Gasteiger charge is -2.57. The summed E-state index contributed by atoms with van der Waals surface area (Å²) in [5.74, 6) is 6.95. The van der Waals surface area contributed by atoms with Gasteiger partial charge in [-0.2, -0.15) is 0 Å². The fourth-order valence-electron chi connectivity index (χ4n) is 5.45. The van der Waals surface area contributed by atoms with Gasteiger partial charge >= 0.3 is 0 Å². The third kappa shape index (κ3) is 5.07. The van der Waals surface area contributed by atoms with Gasteiger partial charge in [-0.1, -0.05) is 24.0 Å². The molecule has 0 bridgehead atoms. The second-order valence-electron chi connectivity index (χ2n) is 9.17. The van der Waals surface area contributed by atoms with E-state index in [2.05, 4.69) is 33.8 Å². The van der Waals surface area contributed by atoms with Crippen molar-refractivity contribution in [2.75, 3.05) is 46.0 Å². The van der Waals surface area contributed by atoms with Crippen LogP contribution in [-0.2, 0) is 4.74 Å². The molecule has 1 aromatic carbocycles. The Bertz CT molecular complexity index is 733. The molecule has 1 aromatic rings. The minimum absolute atomic E-state index is 0.213. The van der Waals surface area contributed by atoms with Gasteiger partial charge in [-0.15, -0.1) is 0 Å². The van der Waals surface area contributed by atoms with Gasteiger partial charge in [0.05, 0.1) is 6.61 Å². The second kappa shape index (κ2) is 10.3. The quantitative estimate of drug-likeness (QED) is 0.742. The van der Waals surface area contributed by atoms with Crippen molar-refractivity contribution in [3.05, 3.63) is 35.4 Å². The van der Waals surface area contributed by atoms with Crippen molar-refractivity contribution in [1.82, 2.24) is 9.80 Å². The lowest BCUT2D eigenvalue weighted by atomic mass is 9.74. The summed E-state index contributed by atoms with van der Waals surface area (Å²) in [6.45, 7) is 8.25. The molecule has 5 heteroatoms. The highest BCUT2D eigenvalue weighted by Crippen LogP contribution is 2.42. The first-order chi connectivity index (χ1) is 14.7. The molecule has 0 radical (unpaired) electrons. The van der Waals surface area contributed by atoms with Gasteiger partial charge in [0.25, 0.3) is 0 Å². The van der Waals surface area contributed by atoms with E-state index in [4.69, 9.17) is 4.74 Å². The molecule has 0 aromatic heterocycles. The van der Waals surface area contributed by atoms with Gasteiger partial charge in [0.1, 0.15) is 6.10 Å². The highest BCUT2D eigenvalue weighted by Gasteiger charge is 2.49. The first-order valence-corrected chi connectivity index (χ1v) is 11.6. The molecule has 0 saturated carbocycles. The van der Waals surface area contributed by atoms with E-state index in [9.17, 15) is 10.2 Å². The van der Waals surface area contributed by atoms with Crippen LogP contribution < -0.4 is 0 Å². The Kier molecular flexibility index (Phi) is 7.45. The Morgan fingerprint density at radius 2 is 1.87 bits per heavy atom. The van der Waals surface area contributed by atoms with E-state index in [1.807, 2.05) is 12.1 Å². The zero-order chi connectivity index (χ0) is 20.9. The lowest BCUT2D eigenvalue weighted by Crippen LogP contribution is -2.67. The van der Waals surface area contributed by atoms with Crippen LogP contribution in [0.2, 0.25) is 0 Å². The summed E-state index contributed by atoms with van der Waals surface area (Å²) in [5, 5.41) is 19.5. The molecule has 4 rings (SSSR count). The molecule has 0 unspecified atom stereocenters. The highest BCUT2D eigenvalue weighted by atomic mass is 16.5. The van der Waals surface area contributed by atoms with Crippen molar-refractivity contribution >= 4 is 0 Å². The molecule has 3 aliphatic heterocycles. The fourth-order valence-corrected chi connectivity index (χ4v) is 5.45. The summed E-state index contributed by atoms with van der Waals surface area (Å²) in [6, 6.07) is 9.11. The van der Waals surface area contributed by atoms with E-state index in [-0.39, 0.29) is 12.6 Å². The highest BCUT2D eigenvalue weighted by molar-refractivity contribution is 5.39. The Hall–Kier alpha value is -1.42. The van der Waals surface area contributed by atoms with Crippen molar-refractivity contribution in [2.24, 2.45) is 5.92 Å².